The maximum absolute atomic E-state index is 4.20. The molecule has 0 amide bonds. The van der Waals surface area contributed by atoms with Crippen molar-refractivity contribution in [3.05, 3.63) is 28.2 Å². The van der Waals surface area contributed by atoms with Gasteiger partial charge in [-0.15, -0.1) is 22.7 Å². The van der Waals surface area contributed by atoms with E-state index in [9.17, 15) is 0 Å². The van der Waals surface area contributed by atoms with E-state index in [1.54, 1.807) is 28.9 Å². The Labute approximate surface area is 84.5 Å². The van der Waals surface area contributed by atoms with Gasteiger partial charge in [-0.1, -0.05) is 0 Å². The largest absolute Gasteiger partial charge is 0.361 e. The average Bonchev–Trinajstić information content (AvgIpc) is 2.75. The summed E-state index contributed by atoms with van der Waals surface area (Å²) < 4.78 is 0. The summed E-state index contributed by atoms with van der Waals surface area (Å²) in [6, 6.07) is 0. The van der Waals surface area contributed by atoms with Crippen molar-refractivity contribution in [2.45, 2.75) is 6.42 Å². The van der Waals surface area contributed by atoms with E-state index >= 15 is 0 Å². The lowest BCUT2D eigenvalue weighted by Gasteiger charge is -1.98. The van der Waals surface area contributed by atoms with Crippen LogP contribution in [0.4, 0.5) is 5.13 Å². The van der Waals surface area contributed by atoms with Crippen LogP contribution in [0.1, 0.15) is 5.69 Å². The zero-order valence-corrected chi connectivity index (χ0v) is 8.57. The average molecular weight is 211 g/mol. The third-order valence-corrected chi connectivity index (χ3v) is 2.94. The second-order valence-corrected chi connectivity index (χ2v) is 4.11. The third kappa shape index (κ3) is 2.50. The molecule has 0 atom stereocenters. The van der Waals surface area contributed by atoms with Crippen molar-refractivity contribution in [2.75, 3.05) is 11.9 Å². The standard InChI is InChI=1S/C8H9N3S2/c1(7-5-12-6-11-7)2-9-8-10-3-4-13-8/h3-6H,1-2H2,(H,9,10). The molecule has 0 radical (unpaired) electrons. The summed E-state index contributed by atoms with van der Waals surface area (Å²) in [6.45, 7) is 0.900. The number of hydrogen-bond donors (Lipinski definition) is 1. The molecule has 0 aliphatic carbocycles. The quantitative estimate of drug-likeness (QED) is 0.843. The lowest BCUT2D eigenvalue weighted by molar-refractivity contribution is 0.974. The fraction of sp³-hybridized carbons (Fsp3) is 0.250. The Bertz CT molecular complexity index is 294. The Morgan fingerprint density at radius 2 is 2.38 bits per heavy atom. The van der Waals surface area contributed by atoms with Crippen LogP contribution in [-0.2, 0) is 6.42 Å². The maximum atomic E-state index is 4.20. The number of anilines is 1. The normalized spacial score (nSPS) is 10.2. The van der Waals surface area contributed by atoms with Gasteiger partial charge in [0.05, 0.1) is 11.2 Å². The lowest BCUT2D eigenvalue weighted by Crippen LogP contribution is -2.04. The monoisotopic (exact) mass is 211 g/mol. The van der Waals surface area contributed by atoms with E-state index in [0.717, 1.165) is 23.8 Å². The predicted octanol–water partition coefficient (Wildman–Crippen LogP) is 2.25. The predicted molar refractivity (Wildman–Crippen MR) is 56.4 cm³/mol. The Kier molecular flexibility index (Phi) is 2.89. The molecule has 2 rings (SSSR count). The van der Waals surface area contributed by atoms with Gasteiger partial charge in [-0.3, -0.25) is 0 Å². The van der Waals surface area contributed by atoms with Crippen molar-refractivity contribution >= 4 is 27.8 Å². The SMILES string of the molecule is c1csc(NCCc2cscn2)n1. The van der Waals surface area contributed by atoms with Crippen LogP contribution in [0.5, 0.6) is 0 Å². The molecule has 0 fully saturated rings. The van der Waals surface area contributed by atoms with E-state index in [1.807, 2.05) is 10.9 Å². The molecular formula is C8H9N3S2. The molecule has 0 saturated carbocycles. The second kappa shape index (κ2) is 4.34. The zero-order valence-electron chi connectivity index (χ0n) is 6.93. The zero-order chi connectivity index (χ0) is 8.93. The minimum Gasteiger partial charge on any atom is -0.361 e. The number of nitrogens with one attached hydrogen (secondary N) is 1. The Balaban J connectivity index is 1.76. The Morgan fingerprint density at radius 3 is 3.08 bits per heavy atom. The van der Waals surface area contributed by atoms with Gasteiger partial charge in [-0.2, -0.15) is 0 Å². The summed E-state index contributed by atoms with van der Waals surface area (Å²) >= 11 is 3.26. The van der Waals surface area contributed by atoms with E-state index in [-0.39, 0.29) is 0 Å². The molecule has 1 N–H and O–H groups in total. The van der Waals surface area contributed by atoms with Crippen LogP contribution in [-0.4, -0.2) is 16.5 Å². The van der Waals surface area contributed by atoms with E-state index in [1.165, 1.54) is 0 Å². The molecule has 68 valence electrons. The van der Waals surface area contributed by atoms with Gasteiger partial charge in [-0.05, 0) is 0 Å². The van der Waals surface area contributed by atoms with Crippen molar-refractivity contribution in [3.63, 3.8) is 0 Å². The lowest BCUT2D eigenvalue weighted by atomic mass is 10.3. The molecule has 0 bridgehead atoms. The highest BCUT2D eigenvalue weighted by atomic mass is 32.1. The Hall–Kier alpha value is -0.940. The van der Waals surface area contributed by atoms with Gasteiger partial charge in [0, 0.05) is 29.9 Å². The first-order valence-corrected chi connectivity index (χ1v) is 5.78. The molecule has 5 heteroatoms. The molecule has 13 heavy (non-hydrogen) atoms. The van der Waals surface area contributed by atoms with Crippen LogP contribution in [0.15, 0.2) is 22.5 Å². The van der Waals surface area contributed by atoms with Gasteiger partial charge in [0.2, 0.25) is 0 Å². The molecule has 3 nitrogen and oxygen atoms in total. The van der Waals surface area contributed by atoms with Crippen molar-refractivity contribution < 1.29 is 0 Å². The summed E-state index contributed by atoms with van der Waals surface area (Å²) in [5.41, 5.74) is 3.01. The van der Waals surface area contributed by atoms with Gasteiger partial charge in [0.25, 0.3) is 0 Å². The molecule has 0 aliphatic heterocycles. The smallest absolute Gasteiger partial charge is 0.182 e. The number of nitrogens with zero attached hydrogens (tertiary/aromatic N) is 2. The van der Waals surface area contributed by atoms with Crippen molar-refractivity contribution in [1.29, 1.82) is 0 Å². The molecule has 2 heterocycles. The summed E-state index contributed by atoms with van der Waals surface area (Å²) in [5.74, 6) is 0. The number of thiazole rings is 2. The van der Waals surface area contributed by atoms with Crippen LogP contribution >= 0.6 is 22.7 Å². The highest BCUT2D eigenvalue weighted by molar-refractivity contribution is 7.13. The van der Waals surface area contributed by atoms with E-state index in [4.69, 9.17) is 0 Å². The van der Waals surface area contributed by atoms with Crippen LogP contribution in [0, 0.1) is 0 Å². The van der Waals surface area contributed by atoms with E-state index in [2.05, 4.69) is 20.7 Å². The topological polar surface area (TPSA) is 37.8 Å². The van der Waals surface area contributed by atoms with Crippen LogP contribution in [0.3, 0.4) is 0 Å². The van der Waals surface area contributed by atoms with Crippen LogP contribution in [0.25, 0.3) is 0 Å². The van der Waals surface area contributed by atoms with Crippen molar-refractivity contribution in [3.8, 4) is 0 Å². The van der Waals surface area contributed by atoms with Crippen LogP contribution in [0.2, 0.25) is 0 Å². The summed E-state index contributed by atoms with van der Waals surface area (Å²) in [4.78, 5) is 8.32. The molecule has 0 unspecified atom stereocenters. The molecule has 0 spiro atoms. The fourth-order valence-corrected chi connectivity index (χ4v) is 2.12. The summed E-state index contributed by atoms with van der Waals surface area (Å²) in [6.07, 6.45) is 2.76. The van der Waals surface area contributed by atoms with Crippen LogP contribution < -0.4 is 5.32 Å². The molecule has 0 aliphatic rings. The van der Waals surface area contributed by atoms with Gasteiger partial charge in [0.1, 0.15) is 0 Å². The van der Waals surface area contributed by atoms with Gasteiger partial charge < -0.3 is 5.32 Å². The third-order valence-electron chi connectivity index (χ3n) is 1.57. The van der Waals surface area contributed by atoms with E-state index < -0.39 is 0 Å². The highest BCUT2D eigenvalue weighted by Gasteiger charge is 1.96. The molecular weight excluding hydrogens is 202 g/mol. The van der Waals surface area contributed by atoms with Crippen molar-refractivity contribution in [2.24, 2.45) is 0 Å². The Morgan fingerprint density at radius 1 is 1.38 bits per heavy atom. The first kappa shape index (κ1) is 8.65. The second-order valence-electron chi connectivity index (χ2n) is 2.49. The fourth-order valence-electron chi connectivity index (χ4n) is 0.969. The summed E-state index contributed by atoms with van der Waals surface area (Å²) in [5, 5.41) is 8.25. The van der Waals surface area contributed by atoms with Gasteiger partial charge >= 0.3 is 0 Å². The molecule has 2 aromatic rings. The molecule has 0 saturated heterocycles. The minimum atomic E-state index is 0.900. The molecule has 2 aromatic heterocycles. The number of hydrogen-bond acceptors (Lipinski definition) is 5. The number of aromatic nitrogens is 2. The van der Waals surface area contributed by atoms with Gasteiger partial charge in [-0.25, -0.2) is 9.97 Å². The first-order valence-electron chi connectivity index (χ1n) is 3.95. The summed E-state index contributed by atoms with van der Waals surface area (Å²) in [7, 11) is 0. The van der Waals surface area contributed by atoms with Gasteiger partial charge in [0.15, 0.2) is 5.13 Å². The van der Waals surface area contributed by atoms with E-state index in [0.29, 0.717) is 0 Å². The maximum Gasteiger partial charge on any atom is 0.182 e. The number of rotatable bonds is 4. The molecule has 0 aromatic carbocycles. The van der Waals surface area contributed by atoms with Crippen molar-refractivity contribution in [1.82, 2.24) is 9.97 Å². The first-order chi connectivity index (χ1) is 6.45. The highest BCUT2D eigenvalue weighted by Crippen LogP contribution is 2.10. The minimum absolute atomic E-state index is 0.900.